The number of rotatable bonds is 8. The normalized spacial score (nSPS) is 17.2. The number of unbranched alkanes of at least 4 members (excludes halogenated alkanes) is 1. The van der Waals surface area contributed by atoms with E-state index in [1.807, 2.05) is 6.92 Å². The standard InChI is InChI=1S/C12H23O2Si/c1-4-6-9-15(13-5-2)14-11(3)10-12-7-8-12/h10,12H,4-9H2,1-3H3. The molecule has 0 N–H and O–H groups in total. The molecule has 1 rings (SSSR count). The van der Waals surface area contributed by atoms with Gasteiger partial charge in [-0.05, 0) is 38.7 Å². The summed E-state index contributed by atoms with van der Waals surface area (Å²) in [5.41, 5.74) is 0. The average molecular weight is 227 g/mol. The van der Waals surface area contributed by atoms with Crippen molar-refractivity contribution in [3.05, 3.63) is 11.8 Å². The van der Waals surface area contributed by atoms with Crippen LogP contribution in [0.15, 0.2) is 11.8 Å². The molecule has 0 aromatic rings. The Morgan fingerprint density at radius 3 is 2.67 bits per heavy atom. The average Bonchev–Trinajstić information content (AvgIpc) is 2.98. The zero-order chi connectivity index (χ0) is 11.1. The van der Waals surface area contributed by atoms with Gasteiger partial charge in [0, 0.05) is 12.7 Å². The first-order chi connectivity index (χ1) is 7.26. The van der Waals surface area contributed by atoms with E-state index in [0.717, 1.165) is 24.3 Å². The van der Waals surface area contributed by atoms with Crippen molar-refractivity contribution < 1.29 is 8.85 Å². The molecule has 3 heteroatoms. The molecule has 1 fully saturated rings. The van der Waals surface area contributed by atoms with E-state index in [1.165, 1.54) is 25.7 Å². The molecule has 1 radical (unpaired) electrons. The second-order valence-corrected chi connectivity index (χ2v) is 5.86. The van der Waals surface area contributed by atoms with Crippen LogP contribution in [-0.2, 0) is 8.85 Å². The Hall–Kier alpha value is -0.283. The molecule has 1 aliphatic rings. The summed E-state index contributed by atoms with van der Waals surface area (Å²) in [5, 5.41) is 0. The Labute approximate surface area is 95.5 Å². The molecule has 1 aliphatic carbocycles. The molecule has 0 aliphatic heterocycles. The Balaban J connectivity index is 2.27. The molecule has 0 amide bonds. The van der Waals surface area contributed by atoms with Crippen LogP contribution in [0, 0.1) is 5.92 Å². The van der Waals surface area contributed by atoms with Gasteiger partial charge in [-0.3, -0.25) is 0 Å². The number of hydrogen-bond donors (Lipinski definition) is 0. The van der Waals surface area contributed by atoms with Crippen molar-refractivity contribution in [1.82, 2.24) is 0 Å². The first-order valence-electron chi connectivity index (χ1n) is 6.11. The van der Waals surface area contributed by atoms with Gasteiger partial charge in [0.2, 0.25) is 0 Å². The van der Waals surface area contributed by atoms with E-state index in [1.54, 1.807) is 0 Å². The second kappa shape index (κ2) is 7.07. The van der Waals surface area contributed by atoms with Crippen LogP contribution in [0.2, 0.25) is 6.04 Å². The van der Waals surface area contributed by atoms with E-state index in [-0.39, 0.29) is 0 Å². The molecule has 15 heavy (non-hydrogen) atoms. The summed E-state index contributed by atoms with van der Waals surface area (Å²) in [7, 11) is -1.04. The molecule has 0 saturated heterocycles. The molecule has 0 unspecified atom stereocenters. The predicted molar refractivity (Wildman–Crippen MR) is 64.7 cm³/mol. The van der Waals surface area contributed by atoms with Gasteiger partial charge in [0.05, 0.1) is 5.76 Å². The lowest BCUT2D eigenvalue weighted by atomic mass is 10.3. The zero-order valence-electron chi connectivity index (χ0n) is 10.2. The number of hydrogen-bond acceptors (Lipinski definition) is 2. The minimum atomic E-state index is -1.04. The maximum Gasteiger partial charge on any atom is 0.457 e. The maximum absolute atomic E-state index is 5.88. The molecule has 87 valence electrons. The van der Waals surface area contributed by atoms with Crippen LogP contribution in [-0.4, -0.2) is 15.9 Å². The fourth-order valence-electron chi connectivity index (χ4n) is 1.44. The fraction of sp³-hybridized carbons (Fsp3) is 0.833. The summed E-state index contributed by atoms with van der Waals surface area (Å²) >= 11 is 0. The molecule has 0 heterocycles. The third kappa shape index (κ3) is 6.00. The van der Waals surface area contributed by atoms with Crippen LogP contribution in [0.3, 0.4) is 0 Å². The van der Waals surface area contributed by atoms with Crippen LogP contribution in [0.5, 0.6) is 0 Å². The van der Waals surface area contributed by atoms with Gasteiger partial charge in [0.25, 0.3) is 0 Å². The van der Waals surface area contributed by atoms with Crippen molar-refractivity contribution in [2.75, 3.05) is 6.61 Å². The van der Waals surface area contributed by atoms with Gasteiger partial charge in [-0.1, -0.05) is 19.8 Å². The summed E-state index contributed by atoms with van der Waals surface area (Å²) in [5.74, 6) is 1.87. The van der Waals surface area contributed by atoms with Gasteiger partial charge in [-0.15, -0.1) is 0 Å². The van der Waals surface area contributed by atoms with Crippen molar-refractivity contribution in [3.63, 3.8) is 0 Å². The smallest absolute Gasteiger partial charge is 0.457 e. The van der Waals surface area contributed by atoms with Gasteiger partial charge in [-0.25, -0.2) is 0 Å². The minimum Gasteiger partial charge on any atom is -0.523 e. The van der Waals surface area contributed by atoms with Gasteiger partial charge in [0.1, 0.15) is 0 Å². The summed E-state index contributed by atoms with van der Waals surface area (Å²) in [6.07, 6.45) is 7.37. The summed E-state index contributed by atoms with van der Waals surface area (Å²) in [4.78, 5) is 0. The van der Waals surface area contributed by atoms with Crippen LogP contribution in [0.25, 0.3) is 0 Å². The van der Waals surface area contributed by atoms with Gasteiger partial charge in [-0.2, -0.15) is 0 Å². The van der Waals surface area contributed by atoms with E-state index in [4.69, 9.17) is 8.85 Å². The topological polar surface area (TPSA) is 18.5 Å². The van der Waals surface area contributed by atoms with E-state index < -0.39 is 9.28 Å². The fourth-order valence-corrected chi connectivity index (χ4v) is 3.14. The third-order valence-electron chi connectivity index (χ3n) is 2.41. The van der Waals surface area contributed by atoms with Gasteiger partial charge in [0.15, 0.2) is 0 Å². The zero-order valence-corrected chi connectivity index (χ0v) is 11.2. The van der Waals surface area contributed by atoms with Crippen molar-refractivity contribution >= 4 is 9.28 Å². The quantitative estimate of drug-likeness (QED) is 0.465. The molecule has 0 bridgehead atoms. The van der Waals surface area contributed by atoms with Crippen molar-refractivity contribution in [2.24, 2.45) is 5.92 Å². The third-order valence-corrected chi connectivity index (χ3v) is 4.33. The highest BCUT2D eigenvalue weighted by Gasteiger charge is 2.21. The summed E-state index contributed by atoms with van der Waals surface area (Å²) < 4.78 is 11.5. The van der Waals surface area contributed by atoms with Crippen molar-refractivity contribution in [2.45, 2.75) is 52.5 Å². The highest BCUT2D eigenvalue weighted by atomic mass is 28.3. The highest BCUT2D eigenvalue weighted by molar-refractivity contribution is 6.44. The molecular weight excluding hydrogens is 204 g/mol. The molecule has 0 atom stereocenters. The molecule has 0 aromatic heterocycles. The maximum atomic E-state index is 5.88. The van der Waals surface area contributed by atoms with Crippen LogP contribution < -0.4 is 0 Å². The Morgan fingerprint density at radius 2 is 2.13 bits per heavy atom. The lowest BCUT2D eigenvalue weighted by Gasteiger charge is -2.15. The summed E-state index contributed by atoms with van der Waals surface area (Å²) in [6.45, 7) is 7.08. The lowest BCUT2D eigenvalue weighted by Crippen LogP contribution is -2.21. The molecule has 1 saturated carbocycles. The number of allylic oxidation sites excluding steroid dienone is 2. The molecule has 0 spiro atoms. The lowest BCUT2D eigenvalue weighted by molar-refractivity contribution is 0.245. The second-order valence-electron chi connectivity index (χ2n) is 4.13. The Bertz CT molecular complexity index is 200. The first-order valence-corrected chi connectivity index (χ1v) is 7.63. The highest BCUT2D eigenvalue weighted by Crippen LogP contribution is 2.31. The minimum absolute atomic E-state index is 0.773. The Morgan fingerprint density at radius 1 is 1.40 bits per heavy atom. The SMILES string of the molecule is CCCC[Si](OCC)OC(C)=CC1CC1. The van der Waals surface area contributed by atoms with Gasteiger partial charge >= 0.3 is 9.28 Å². The van der Waals surface area contributed by atoms with Crippen molar-refractivity contribution in [3.8, 4) is 0 Å². The van der Waals surface area contributed by atoms with Gasteiger partial charge < -0.3 is 8.85 Å². The van der Waals surface area contributed by atoms with E-state index in [0.29, 0.717) is 0 Å². The van der Waals surface area contributed by atoms with Crippen LogP contribution in [0.4, 0.5) is 0 Å². The first kappa shape index (κ1) is 12.8. The molecule has 0 aromatic carbocycles. The van der Waals surface area contributed by atoms with Crippen LogP contribution in [0.1, 0.15) is 46.5 Å². The van der Waals surface area contributed by atoms with E-state index >= 15 is 0 Å². The van der Waals surface area contributed by atoms with Crippen LogP contribution >= 0.6 is 0 Å². The van der Waals surface area contributed by atoms with E-state index in [9.17, 15) is 0 Å². The predicted octanol–water partition coefficient (Wildman–Crippen LogP) is 3.64. The largest absolute Gasteiger partial charge is 0.523 e. The Kier molecular flexibility index (Phi) is 6.02. The monoisotopic (exact) mass is 227 g/mol. The molecule has 2 nitrogen and oxygen atoms in total. The molecular formula is C12H23O2Si. The van der Waals surface area contributed by atoms with E-state index in [2.05, 4.69) is 19.9 Å². The summed E-state index contributed by atoms with van der Waals surface area (Å²) in [6, 6.07) is 1.10. The van der Waals surface area contributed by atoms with Crippen molar-refractivity contribution in [1.29, 1.82) is 0 Å².